The van der Waals surface area contributed by atoms with Crippen molar-refractivity contribution in [1.82, 2.24) is 4.72 Å². The zero-order valence-corrected chi connectivity index (χ0v) is 13.7. The summed E-state index contributed by atoms with van der Waals surface area (Å²) < 4.78 is 28.1. The summed E-state index contributed by atoms with van der Waals surface area (Å²) in [6, 6.07) is 6.41. The van der Waals surface area contributed by atoms with Crippen LogP contribution in [0.25, 0.3) is 0 Å². The van der Waals surface area contributed by atoms with Crippen LogP contribution in [0.1, 0.15) is 40.0 Å². The molecule has 1 aromatic carbocycles. The van der Waals surface area contributed by atoms with E-state index < -0.39 is 10.0 Å². The van der Waals surface area contributed by atoms with E-state index >= 15 is 0 Å². The van der Waals surface area contributed by atoms with E-state index in [1.54, 1.807) is 24.3 Å². The van der Waals surface area contributed by atoms with Crippen molar-refractivity contribution >= 4 is 15.7 Å². The molecule has 0 spiro atoms. The van der Waals surface area contributed by atoms with Gasteiger partial charge in [0.2, 0.25) is 10.0 Å². The Kier molecular flexibility index (Phi) is 3.16. The lowest BCUT2D eigenvalue weighted by Gasteiger charge is -2.39. The summed E-state index contributed by atoms with van der Waals surface area (Å²) in [7, 11) is -3.48. The fraction of sp³-hybridized carbons (Fsp3) is 0.625. The number of rotatable bonds is 3. The zero-order chi connectivity index (χ0) is 15.5. The van der Waals surface area contributed by atoms with Gasteiger partial charge in [-0.15, -0.1) is 0 Å². The van der Waals surface area contributed by atoms with Gasteiger partial charge in [-0.05, 0) is 60.3 Å². The predicted octanol–water partition coefficient (Wildman–Crippen LogP) is 2.76. The van der Waals surface area contributed by atoms with Crippen LogP contribution in [-0.2, 0) is 10.0 Å². The third kappa shape index (κ3) is 2.09. The van der Waals surface area contributed by atoms with Crippen LogP contribution >= 0.6 is 0 Å². The summed E-state index contributed by atoms with van der Waals surface area (Å²) in [5.41, 5.74) is 6.43. The number of nitrogen functional groups attached to an aromatic ring is 1. The molecule has 2 aliphatic carbocycles. The number of nitrogens with two attached hydrogens (primary N) is 1. The van der Waals surface area contributed by atoms with E-state index in [1.807, 2.05) is 0 Å². The van der Waals surface area contributed by atoms with Crippen molar-refractivity contribution < 1.29 is 8.42 Å². The molecule has 4 nitrogen and oxygen atoms in total. The molecule has 0 aliphatic heterocycles. The van der Waals surface area contributed by atoms with Crippen molar-refractivity contribution in [3.63, 3.8) is 0 Å². The van der Waals surface area contributed by atoms with Gasteiger partial charge in [-0.25, -0.2) is 13.1 Å². The molecule has 2 fully saturated rings. The summed E-state index contributed by atoms with van der Waals surface area (Å²) in [4.78, 5) is 0.292. The molecule has 0 saturated heterocycles. The van der Waals surface area contributed by atoms with E-state index in [2.05, 4.69) is 25.5 Å². The lowest BCUT2D eigenvalue weighted by atomic mass is 9.69. The minimum Gasteiger partial charge on any atom is -0.399 e. The predicted molar refractivity (Wildman–Crippen MR) is 84.2 cm³/mol. The largest absolute Gasteiger partial charge is 0.399 e. The second-order valence-electron chi connectivity index (χ2n) is 7.35. The first-order valence-electron chi connectivity index (χ1n) is 7.55. The summed E-state index contributed by atoms with van der Waals surface area (Å²) in [6.07, 6.45) is 3.25. The topological polar surface area (TPSA) is 72.2 Å². The van der Waals surface area contributed by atoms with Gasteiger partial charge in [0.25, 0.3) is 0 Å². The van der Waals surface area contributed by atoms with Gasteiger partial charge >= 0.3 is 0 Å². The molecule has 1 aromatic rings. The maximum Gasteiger partial charge on any atom is 0.240 e. The molecular formula is C16H24N2O2S. The zero-order valence-electron chi connectivity index (χ0n) is 12.9. The van der Waals surface area contributed by atoms with Crippen LogP contribution in [0.2, 0.25) is 0 Å². The Morgan fingerprint density at radius 3 is 2.29 bits per heavy atom. The number of sulfonamides is 1. The van der Waals surface area contributed by atoms with Crippen LogP contribution in [0.5, 0.6) is 0 Å². The van der Waals surface area contributed by atoms with Gasteiger partial charge in [0, 0.05) is 11.7 Å². The molecular weight excluding hydrogens is 284 g/mol. The summed E-state index contributed by atoms with van der Waals surface area (Å²) in [6.45, 7) is 6.79. The molecule has 3 N–H and O–H groups in total. The molecule has 0 aromatic heterocycles. The summed E-state index contributed by atoms with van der Waals surface area (Å²) in [5, 5.41) is 0. The van der Waals surface area contributed by atoms with E-state index in [0.29, 0.717) is 16.5 Å². The maximum atomic E-state index is 12.6. The van der Waals surface area contributed by atoms with Crippen LogP contribution in [0.3, 0.4) is 0 Å². The Balaban J connectivity index is 1.86. The normalized spacial score (nSPS) is 34.2. The average Bonchev–Trinajstić information content (AvgIpc) is 2.72. The third-order valence-corrected chi connectivity index (χ3v) is 7.77. The van der Waals surface area contributed by atoms with Crippen molar-refractivity contribution in [3.05, 3.63) is 24.3 Å². The van der Waals surface area contributed by atoms with Crippen molar-refractivity contribution in [2.24, 2.45) is 16.7 Å². The van der Waals surface area contributed by atoms with E-state index in [1.165, 1.54) is 6.42 Å². The van der Waals surface area contributed by atoms with E-state index in [-0.39, 0.29) is 16.9 Å². The van der Waals surface area contributed by atoms with Crippen LogP contribution in [0.15, 0.2) is 29.2 Å². The van der Waals surface area contributed by atoms with Crippen LogP contribution in [0, 0.1) is 16.7 Å². The first-order valence-corrected chi connectivity index (χ1v) is 9.03. The Hall–Kier alpha value is -1.07. The highest BCUT2D eigenvalue weighted by Gasteiger charge is 2.61. The second-order valence-corrected chi connectivity index (χ2v) is 9.07. The number of anilines is 1. The van der Waals surface area contributed by atoms with Gasteiger partial charge in [-0.1, -0.05) is 20.8 Å². The molecule has 0 heterocycles. The van der Waals surface area contributed by atoms with Crippen LogP contribution in [0.4, 0.5) is 5.69 Å². The lowest BCUT2D eigenvalue weighted by Crippen LogP contribution is -2.46. The van der Waals surface area contributed by atoms with E-state index in [9.17, 15) is 8.42 Å². The fourth-order valence-electron chi connectivity index (χ4n) is 4.28. The molecule has 3 unspecified atom stereocenters. The molecule has 116 valence electrons. The number of nitrogens with one attached hydrogen (secondary N) is 1. The van der Waals surface area contributed by atoms with Gasteiger partial charge in [0.1, 0.15) is 0 Å². The Morgan fingerprint density at radius 2 is 1.81 bits per heavy atom. The van der Waals surface area contributed by atoms with Crippen molar-refractivity contribution in [2.75, 3.05) is 5.73 Å². The minimum absolute atomic E-state index is 0.0220. The van der Waals surface area contributed by atoms with Crippen molar-refractivity contribution in [3.8, 4) is 0 Å². The molecule has 0 amide bonds. The Bertz CT molecular complexity index is 651. The monoisotopic (exact) mass is 308 g/mol. The second kappa shape index (κ2) is 4.46. The smallest absolute Gasteiger partial charge is 0.240 e. The van der Waals surface area contributed by atoms with E-state index in [4.69, 9.17) is 5.73 Å². The molecule has 21 heavy (non-hydrogen) atoms. The molecule has 0 radical (unpaired) electrons. The molecule has 3 rings (SSSR count). The first-order chi connectivity index (χ1) is 9.67. The first kappa shape index (κ1) is 14.9. The Labute approximate surface area is 127 Å². The molecule has 2 aliphatic rings. The molecule has 2 bridgehead atoms. The van der Waals surface area contributed by atoms with Gasteiger partial charge in [0.05, 0.1) is 4.90 Å². The maximum absolute atomic E-state index is 12.6. The standard InChI is InChI=1S/C16H24N2O2S/c1-15(2)11-8-9-16(15,3)14(10-11)18-21(19,20)13-6-4-12(17)5-7-13/h4-7,11,14,18H,8-10,17H2,1-3H3. The molecule has 3 atom stereocenters. The number of hydrogen-bond donors (Lipinski definition) is 2. The highest BCUT2D eigenvalue weighted by atomic mass is 32.2. The van der Waals surface area contributed by atoms with E-state index in [0.717, 1.165) is 12.8 Å². The van der Waals surface area contributed by atoms with Gasteiger partial charge in [-0.2, -0.15) is 0 Å². The SMILES string of the molecule is CC1(C)C2CCC1(C)C(NS(=O)(=O)c1ccc(N)cc1)C2. The number of hydrogen-bond acceptors (Lipinski definition) is 3. The fourth-order valence-corrected chi connectivity index (χ4v) is 5.65. The summed E-state index contributed by atoms with van der Waals surface area (Å²) >= 11 is 0. The highest BCUT2D eigenvalue weighted by Crippen LogP contribution is 2.65. The highest BCUT2D eigenvalue weighted by molar-refractivity contribution is 7.89. The molecule has 2 saturated carbocycles. The lowest BCUT2D eigenvalue weighted by molar-refractivity contribution is 0.130. The minimum atomic E-state index is -3.48. The van der Waals surface area contributed by atoms with Crippen molar-refractivity contribution in [2.45, 2.75) is 51.0 Å². The number of fused-ring (bicyclic) bond motifs is 2. The van der Waals surface area contributed by atoms with Crippen LogP contribution < -0.4 is 10.5 Å². The van der Waals surface area contributed by atoms with Crippen molar-refractivity contribution in [1.29, 1.82) is 0 Å². The third-order valence-electron chi connectivity index (χ3n) is 6.28. The average molecular weight is 308 g/mol. The van der Waals surface area contributed by atoms with Gasteiger partial charge in [-0.3, -0.25) is 0 Å². The van der Waals surface area contributed by atoms with Crippen LogP contribution in [-0.4, -0.2) is 14.5 Å². The Morgan fingerprint density at radius 1 is 1.19 bits per heavy atom. The summed E-state index contributed by atoms with van der Waals surface area (Å²) in [5.74, 6) is 0.613. The van der Waals surface area contributed by atoms with Gasteiger partial charge < -0.3 is 5.73 Å². The molecule has 5 heteroatoms. The van der Waals surface area contributed by atoms with Gasteiger partial charge in [0.15, 0.2) is 0 Å². The quantitative estimate of drug-likeness (QED) is 0.843. The number of benzene rings is 1.